The van der Waals surface area contributed by atoms with Crippen molar-refractivity contribution in [3.05, 3.63) is 29.3 Å². The van der Waals surface area contributed by atoms with Crippen LogP contribution in [0.1, 0.15) is 59.6 Å². The smallest absolute Gasteiger partial charge is 0.0380 e. The van der Waals surface area contributed by atoms with Crippen LogP contribution in [0.5, 0.6) is 0 Å². The van der Waals surface area contributed by atoms with Crippen molar-refractivity contribution in [2.75, 3.05) is 11.9 Å². The van der Waals surface area contributed by atoms with Crippen molar-refractivity contribution >= 4 is 5.69 Å². The van der Waals surface area contributed by atoms with Crippen LogP contribution in [-0.2, 0) is 10.8 Å². The molecule has 0 bridgehead atoms. The SMILES string of the molecule is CC(C)(C)c1ccc2c(c1)C1(CN2)C(C)(C)C1(C)C. The van der Waals surface area contributed by atoms with Gasteiger partial charge in [0.2, 0.25) is 0 Å². The maximum absolute atomic E-state index is 3.64. The van der Waals surface area contributed by atoms with Crippen molar-refractivity contribution in [1.29, 1.82) is 0 Å². The minimum Gasteiger partial charge on any atom is -0.384 e. The molecule has 2 aliphatic rings. The third kappa shape index (κ3) is 1.27. The minimum absolute atomic E-state index is 0.224. The highest BCUT2D eigenvalue weighted by atomic mass is 15.0. The molecule has 1 spiro atoms. The number of anilines is 1. The van der Waals surface area contributed by atoms with Crippen molar-refractivity contribution in [1.82, 2.24) is 0 Å². The third-order valence-corrected chi connectivity index (χ3v) is 6.52. The summed E-state index contributed by atoms with van der Waals surface area (Å²) in [5.41, 5.74) is 5.64. The van der Waals surface area contributed by atoms with Gasteiger partial charge in [-0.3, -0.25) is 0 Å². The molecule has 1 fully saturated rings. The number of hydrogen-bond donors (Lipinski definition) is 1. The lowest BCUT2D eigenvalue weighted by Crippen LogP contribution is -2.20. The fraction of sp³-hybridized carbons (Fsp3) is 0.667. The van der Waals surface area contributed by atoms with E-state index in [9.17, 15) is 0 Å². The Morgan fingerprint density at radius 3 is 2.05 bits per heavy atom. The van der Waals surface area contributed by atoms with Crippen molar-refractivity contribution < 1.29 is 0 Å². The van der Waals surface area contributed by atoms with E-state index in [1.54, 1.807) is 5.56 Å². The molecular weight excluding hydrogens is 230 g/mol. The van der Waals surface area contributed by atoms with Crippen molar-refractivity contribution in [2.45, 2.75) is 59.3 Å². The standard InChI is InChI=1S/C18H27N/c1-15(2,3)12-8-9-14-13(10-12)18(11-19-14)16(4,5)17(18,6)7/h8-10,19H,11H2,1-7H3. The molecule has 0 aromatic heterocycles. The average Bonchev–Trinajstić information content (AvgIpc) is 2.63. The van der Waals surface area contributed by atoms with Crippen LogP contribution in [0.25, 0.3) is 0 Å². The topological polar surface area (TPSA) is 12.0 Å². The molecule has 19 heavy (non-hydrogen) atoms. The first-order chi connectivity index (χ1) is 8.56. The molecule has 0 saturated heterocycles. The highest BCUT2D eigenvalue weighted by Crippen LogP contribution is 2.80. The number of fused-ring (bicyclic) bond motifs is 2. The van der Waals surface area contributed by atoms with E-state index in [0.29, 0.717) is 16.2 Å². The highest BCUT2D eigenvalue weighted by molar-refractivity contribution is 5.68. The molecular formula is C18H27N. The molecule has 104 valence electrons. The van der Waals surface area contributed by atoms with Gasteiger partial charge < -0.3 is 5.32 Å². The predicted molar refractivity (Wildman–Crippen MR) is 82.9 cm³/mol. The Hall–Kier alpha value is -0.980. The van der Waals surface area contributed by atoms with Gasteiger partial charge in [-0.1, -0.05) is 60.6 Å². The summed E-state index contributed by atoms with van der Waals surface area (Å²) in [4.78, 5) is 0. The summed E-state index contributed by atoms with van der Waals surface area (Å²) >= 11 is 0. The fourth-order valence-corrected chi connectivity index (χ4v) is 4.39. The Bertz CT molecular complexity index is 529. The third-order valence-electron chi connectivity index (χ3n) is 6.52. The lowest BCUT2D eigenvalue weighted by atomic mass is 9.81. The molecule has 3 rings (SSSR count). The van der Waals surface area contributed by atoms with E-state index in [1.807, 2.05) is 0 Å². The van der Waals surface area contributed by atoms with Gasteiger partial charge >= 0.3 is 0 Å². The Morgan fingerprint density at radius 1 is 1.00 bits per heavy atom. The van der Waals surface area contributed by atoms with Crippen LogP contribution in [0, 0.1) is 10.8 Å². The molecule has 0 amide bonds. The monoisotopic (exact) mass is 257 g/mol. The molecule has 1 aromatic rings. The number of hydrogen-bond acceptors (Lipinski definition) is 1. The summed E-state index contributed by atoms with van der Waals surface area (Å²) in [6.07, 6.45) is 0. The lowest BCUT2D eigenvalue weighted by Gasteiger charge is -2.22. The predicted octanol–water partition coefficient (Wildman–Crippen LogP) is 4.71. The average molecular weight is 257 g/mol. The van der Waals surface area contributed by atoms with E-state index in [2.05, 4.69) is 72.0 Å². The Kier molecular flexibility index (Phi) is 2.18. The normalized spacial score (nSPS) is 25.0. The Labute approximate surface area is 117 Å². The van der Waals surface area contributed by atoms with Crippen LogP contribution in [0.2, 0.25) is 0 Å². The van der Waals surface area contributed by atoms with Gasteiger partial charge in [-0.2, -0.15) is 0 Å². The number of benzene rings is 1. The quantitative estimate of drug-likeness (QED) is 0.709. The van der Waals surface area contributed by atoms with E-state index in [1.165, 1.54) is 11.3 Å². The van der Waals surface area contributed by atoms with Crippen LogP contribution in [0.15, 0.2) is 18.2 Å². The zero-order valence-electron chi connectivity index (χ0n) is 13.4. The second-order valence-corrected chi connectivity index (χ2v) is 8.52. The lowest BCUT2D eigenvalue weighted by molar-refractivity contribution is 0.457. The van der Waals surface area contributed by atoms with Crippen LogP contribution in [0.4, 0.5) is 5.69 Å². The summed E-state index contributed by atoms with van der Waals surface area (Å²) in [6, 6.07) is 7.04. The molecule has 0 radical (unpaired) electrons. The van der Waals surface area contributed by atoms with Gasteiger partial charge in [-0.15, -0.1) is 0 Å². The van der Waals surface area contributed by atoms with Crippen LogP contribution >= 0.6 is 0 Å². The van der Waals surface area contributed by atoms with Crippen molar-refractivity contribution in [3.63, 3.8) is 0 Å². The zero-order chi connectivity index (χ0) is 14.3. The minimum atomic E-state index is 0.224. The Morgan fingerprint density at radius 2 is 1.58 bits per heavy atom. The van der Waals surface area contributed by atoms with Crippen LogP contribution in [0.3, 0.4) is 0 Å². The number of rotatable bonds is 0. The van der Waals surface area contributed by atoms with Gasteiger partial charge in [0.05, 0.1) is 0 Å². The number of nitrogens with one attached hydrogen (secondary N) is 1. The van der Waals surface area contributed by atoms with Crippen LogP contribution in [-0.4, -0.2) is 6.54 Å². The molecule has 1 nitrogen and oxygen atoms in total. The van der Waals surface area contributed by atoms with Gasteiger partial charge in [0.1, 0.15) is 0 Å². The maximum atomic E-state index is 3.64. The largest absolute Gasteiger partial charge is 0.384 e. The van der Waals surface area contributed by atoms with Gasteiger partial charge in [-0.05, 0) is 33.4 Å². The summed E-state index contributed by atoms with van der Waals surface area (Å²) in [6.45, 7) is 17.7. The molecule has 1 aliphatic heterocycles. The molecule has 1 heteroatoms. The van der Waals surface area contributed by atoms with E-state index >= 15 is 0 Å². The highest BCUT2D eigenvalue weighted by Gasteiger charge is 2.78. The summed E-state index contributed by atoms with van der Waals surface area (Å²) in [5, 5.41) is 3.64. The molecule has 1 saturated carbocycles. The molecule has 0 unspecified atom stereocenters. The van der Waals surface area contributed by atoms with E-state index in [-0.39, 0.29) is 5.41 Å². The van der Waals surface area contributed by atoms with E-state index in [0.717, 1.165) is 6.54 Å². The zero-order valence-corrected chi connectivity index (χ0v) is 13.4. The van der Waals surface area contributed by atoms with E-state index < -0.39 is 0 Å². The first-order valence-electron chi connectivity index (χ1n) is 7.45. The summed E-state index contributed by atoms with van der Waals surface area (Å²) < 4.78 is 0. The molecule has 1 N–H and O–H groups in total. The molecule has 0 atom stereocenters. The maximum Gasteiger partial charge on any atom is 0.0380 e. The first-order valence-corrected chi connectivity index (χ1v) is 7.45. The Balaban J connectivity index is 2.17. The first kappa shape index (κ1) is 13.0. The van der Waals surface area contributed by atoms with E-state index in [4.69, 9.17) is 0 Å². The van der Waals surface area contributed by atoms with Gasteiger partial charge in [0, 0.05) is 17.6 Å². The second kappa shape index (κ2) is 3.19. The molecule has 1 aromatic carbocycles. The van der Waals surface area contributed by atoms with Crippen molar-refractivity contribution in [3.8, 4) is 0 Å². The van der Waals surface area contributed by atoms with Gasteiger partial charge in [-0.25, -0.2) is 0 Å². The second-order valence-electron chi connectivity index (χ2n) is 8.52. The molecule has 1 aliphatic carbocycles. The molecule has 1 heterocycles. The van der Waals surface area contributed by atoms with Crippen molar-refractivity contribution in [2.24, 2.45) is 10.8 Å². The summed E-state index contributed by atoms with van der Waals surface area (Å²) in [7, 11) is 0. The summed E-state index contributed by atoms with van der Waals surface area (Å²) in [5.74, 6) is 0. The van der Waals surface area contributed by atoms with Gasteiger partial charge in [0.15, 0.2) is 0 Å². The van der Waals surface area contributed by atoms with Crippen LogP contribution < -0.4 is 5.32 Å². The fourth-order valence-electron chi connectivity index (χ4n) is 4.39. The van der Waals surface area contributed by atoms with Gasteiger partial charge in [0.25, 0.3) is 0 Å².